The molecule has 0 bridgehead atoms. The summed E-state index contributed by atoms with van der Waals surface area (Å²) >= 11 is 6.95. The van der Waals surface area contributed by atoms with Crippen molar-refractivity contribution in [3.05, 3.63) is 28.9 Å². The molecule has 3 rings (SSSR count). The number of aromatic nitrogens is 1. The Kier molecular flexibility index (Phi) is 6.38. The summed E-state index contributed by atoms with van der Waals surface area (Å²) in [5.41, 5.74) is 0.766. The second-order valence-electron chi connectivity index (χ2n) is 7.32. The van der Waals surface area contributed by atoms with E-state index in [1.54, 1.807) is 18.2 Å². The fourth-order valence-corrected chi connectivity index (χ4v) is 6.24. The summed E-state index contributed by atoms with van der Waals surface area (Å²) in [6.45, 7) is 1.97. The van der Waals surface area contributed by atoms with Gasteiger partial charge in [0.2, 0.25) is 0 Å². The Balaban J connectivity index is 1.91. The molecule has 6 nitrogen and oxygen atoms in total. The molecule has 1 fully saturated rings. The molecule has 1 aromatic carbocycles. The molecule has 1 aromatic heterocycles. The van der Waals surface area contributed by atoms with Crippen molar-refractivity contribution in [2.45, 2.75) is 24.2 Å². The van der Waals surface area contributed by atoms with Gasteiger partial charge in [0.15, 0.2) is 0 Å². The third kappa shape index (κ3) is 4.43. The molecule has 9 heteroatoms. The SMILES string of the molecule is CN(C)CCC1CCN(S(=O)(=O)c2c(C(=O)[AsH2])[nH]c3ccc(Cl)cc23)CC1. The Labute approximate surface area is 173 Å². The third-order valence-electron chi connectivity index (χ3n) is 5.12. The first-order valence-electron chi connectivity index (χ1n) is 8.96. The second-order valence-corrected chi connectivity index (χ2v) is 10.7. The Morgan fingerprint density at radius 2 is 2.00 bits per heavy atom. The number of nitrogens with zero attached hydrogens (tertiary/aromatic N) is 2. The first-order valence-corrected chi connectivity index (χ1v) is 12.0. The van der Waals surface area contributed by atoms with E-state index in [0.29, 0.717) is 34.9 Å². The number of aromatic amines is 1. The number of carbonyl (C=O) groups excluding carboxylic acids is 1. The molecule has 2 heterocycles. The molecule has 148 valence electrons. The summed E-state index contributed by atoms with van der Waals surface area (Å²) in [5.74, 6) is 0.534. The number of rotatable bonds is 6. The van der Waals surface area contributed by atoms with Crippen LogP contribution in [0.2, 0.25) is 5.02 Å². The minimum absolute atomic E-state index is 0.0705. The molecule has 1 N–H and O–H groups in total. The van der Waals surface area contributed by atoms with Crippen LogP contribution in [0.5, 0.6) is 0 Å². The standard InChI is InChI=1S/C18H25AsClN3O3S/c1-22(2)8-5-12-6-9-23(10-7-12)27(25,26)17-14-11-13(20)3-4-15(14)21-16(17)18(19)24/h3-4,11-12,21H,5-10,19H2,1-2H3. The number of halogens is 1. The van der Waals surface area contributed by atoms with Crippen LogP contribution < -0.4 is 0 Å². The molecule has 1 aliphatic rings. The molecule has 1 unspecified atom stereocenters. The van der Waals surface area contributed by atoms with Crippen molar-refractivity contribution in [1.82, 2.24) is 14.2 Å². The van der Waals surface area contributed by atoms with Gasteiger partial charge >= 0.3 is 174 Å². The van der Waals surface area contributed by atoms with Gasteiger partial charge in [-0.1, -0.05) is 0 Å². The maximum atomic E-state index is 13.4. The van der Waals surface area contributed by atoms with E-state index in [1.165, 1.54) is 4.31 Å². The first kappa shape index (κ1) is 20.9. The number of hydrogen-bond acceptors (Lipinski definition) is 4. The molecule has 1 saturated heterocycles. The van der Waals surface area contributed by atoms with E-state index in [9.17, 15) is 13.2 Å². The zero-order valence-corrected chi connectivity index (χ0v) is 19.5. The molecule has 1 atom stereocenters. The van der Waals surface area contributed by atoms with Crippen LogP contribution in [0.25, 0.3) is 10.9 Å². The van der Waals surface area contributed by atoms with Gasteiger partial charge in [-0.25, -0.2) is 0 Å². The number of carbonyl (C=O) groups is 1. The molecule has 27 heavy (non-hydrogen) atoms. The number of hydrogen-bond donors (Lipinski definition) is 1. The summed E-state index contributed by atoms with van der Waals surface area (Å²) in [5, 5.41) is 0.930. The van der Waals surface area contributed by atoms with Gasteiger partial charge in [-0.3, -0.25) is 0 Å². The second kappa shape index (κ2) is 8.26. The fourth-order valence-electron chi connectivity index (χ4n) is 3.59. The van der Waals surface area contributed by atoms with Crippen molar-refractivity contribution >= 4 is 54.0 Å². The Bertz CT molecular complexity index is 950. The van der Waals surface area contributed by atoms with Crippen molar-refractivity contribution < 1.29 is 13.2 Å². The number of sulfonamides is 1. The van der Waals surface area contributed by atoms with Crippen LogP contribution in [0.4, 0.5) is 0 Å². The van der Waals surface area contributed by atoms with Crippen LogP contribution in [-0.4, -0.2) is 77.8 Å². The predicted molar refractivity (Wildman–Crippen MR) is 111 cm³/mol. The van der Waals surface area contributed by atoms with Gasteiger partial charge in [-0.2, -0.15) is 0 Å². The van der Waals surface area contributed by atoms with E-state index in [-0.39, 0.29) is 15.2 Å². The van der Waals surface area contributed by atoms with E-state index >= 15 is 0 Å². The summed E-state index contributed by atoms with van der Waals surface area (Å²) in [7, 11) is 0.326. The van der Waals surface area contributed by atoms with Crippen molar-refractivity contribution in [2.24, 2.45) is 5.92 Å². The van der Waals surface area contributed by atoms with Crippen molar-refractivity contribution in [3.8, 4) is 0 Å². The van der Waals surface area contributed by atoms with E-state index in [4.69, 9.17) is 11.6 Å². The van der Waals surface area contributed by atoms with Gasteiger partial charge in [0.05, 0.1) is 0 Å². The fraction of sp³-hybridized carbons (Fsp3) is 0.500. The van der Waals surface area contributed by atoms with Crippen LogP contribution in [-0.2, 0) is 10.0 Å². The average Bonchev–Trinajstić information content (AvgIpc) is 3.00. The summed E-state index contributed by atoms with van der Waals surface area (Å²) in [6, 6.07) is 5.01. The summed E-state index contributed by atoms with van der Waals surface area (Å²) < 4.78 is 28.0. The van der Waals surface area contributed by atoms with Gasteiger partial charge in [0.25, 0.3) is 0 Å². The number of benzene rings is 1. The monoisotopic (exact) mass is 473 g/mol. The average molecular weight is 474 g/mol. The van der Waals surface area contributed by atoms with E-state index in [1.807, 2.05) is 14.1 Å². The Hall–Kier alpha value is -0.852. The van der Waals surface area contributed by atoms with Crippen LogP contribution in [0, 0.1) is 5.92 Å². The zero-order chi connectivity index (χ0) is 19.8. The minimum atomic E-state index is -3.77. The zero-order valence-electron chi connectivity index (χ0n) is 15.5. The Morgan fingerprint density at radius 3 is 2.59 bits per heavy atom. The molecule has 1 aliphatic heterocycles. The van der Waals surface area contributed by atoms with Crippen molar-refractivity contribution in [3.63, 3.8) is 0 Å². The van der Waals surface area contributed by atoms with Gasteiger partial charge < -0.3 is 0 Å². The van der Waals surface area contributed by atoms with E-state index < -0.39 is 10.0 Å². The topological polar surface area (TPSA) is 73.5 Å². The molecule has 0 aliphatic carbocycles. The van der Waals surface area contributed by atoms with Gasteiger partial charge in [-0.15, -0.1) is 0 Å². The maximum absolute atomic E-state index is 13.4. The molecule has 0 radical (unpaired) electrons. The van der Waals surface area contributed by atoms with Crippen LogP contribution in [0.1, 0.15) is 29.8 Å². The predicted octanol–water partition coefficient (Wildman–Crippen LogP) is 1.95. The first-order chi connectivity index (χ1) is 12.7. The molecular weight excluding hydrogens is 449 g/mol. The van der Waals surface area contributed by atoms with Crippen molar-refractivity contribution in [2.75, 3.05) is 33.7 Å². The van der Waals surface area contributed by atoms with Crippen molar-refractivity contribution in [1.29, 1.82) is 0 Å². The number of fused-ring (bicyclic) bond motifs is 1. The molecule has 0 amide bonds. The molecule has 0 spiro atoms. The molecular formula is C18H25AsClN3O3S. The van der Waals surface area contributed by atoms with Gasteiger partial charge in [0.1, 0.15) is 0 Å². The normalized spacial score (nSPS) is 17.1. The van der Waals surface area contributed by atoms with E-state index in [2.05, 4.69) is 9.88 Å². The third-order valence-corrected chi connectivity index (χ3v) is 7.94. The molecule has 2 aromatic rings. The number of piperidine rings is 1. The van der Waals surface area contributed by atoms with Crippen LogP contribution in [0.3, 0.4) is 0 Å². The van der Waals surface area contributed by atoms with Crippen LogP contribution >= 0.6 is 11.6 Å². The quantitative estimate of drug-likeness (QED) is 0.651. The number of H-pyrrole nitrogens is 1. The molecule has 0 saturated carbocycles. The van der Waals surface area contributed by atoms with Crippen LogP contribution in [0.15, 0.2) is 23.1 Å². The Morgan fingerprint density at radius 1 is 1.33 bits per heavy atom. The number of nitrogens with one attached hydrogen (secondary N) is 1. The van der Waals surface area contributed by atoms with E-state index in [0.717, 1.165) is 42.7 Å². The summed E-state index contributed by atoms with van der Waals surface area (Å²) in [6.07, 6.45) is 2.76. The van der Waals surface area contributed by atoms with Gasteiger partial charge in [-0.05, 0) is 0 Å². The van der Waals surface area contributed by atoms with Gasteiger partial charge in [0, 0.05) is 0 Å². The summed E-state index contributed by atoms with van der Waals surface area (Å²) in [4.78, 5) is 17.3.